The third-order valence-corrected chi connectivity index (χ3v) is 2.63. The van der Waals surface area contributed by atoms with Crippen molar-refractivity contribution < 1.29 is 19.7 Å². The number of ether oxygens (including phenoxy) is 1. The van der Waals surface area contributed by atoms with Gasteiger partial charge in [0.15, 0.2) is 0 Å². The fourth-order valence-corrected chi connectivity index (χ4v) is 1.62. The van der Waals surface area contributed by atoms with Gasteiger partial charge >= 0.3 is 5.97 Å². The van der Waals surface area contributed by atoms with E-state index in [1.54, 1.807) is 0 Å². The van der Waals surface area contributed by atoms with Crippen LogP contribution in [0.4, 0.5) is 0 Å². The molecule has 0 atom stereocenters. The molecule has 102 valence electrons. The van der Waals surface area contributed by atoms with E-state index in [9.17, 15) is 4.79 Å². The fraction of sp³-hybridized carbons (Fsp3) is 0.923. The quantitative estimate of drug-likeness (QED) is 0.408. The molecule has 0 bridgehead atoms. The Kier molecular flexibility index (Phi) is 13.0. The first-order valence-corrected chi connectivity index (χ1v) is 6.68. The molecule has 17 heavy (non-hydrogen) atoms. The van der Waals surface area contributed by atoms with Gasteiger partial charge in [0, 0.05) is 6.61 Å². The summed E-state index contributed by atoms with van der Waals surface area (Å²) in [7, 11) is 0. The number of hydrogen-bond acceptors (Lipinski definition) is 4. The normalized spacial score (nSPS) is 10.5. The van der Waals surface area contributed by atoms with Gasteiger partial charge in [-0.15, -0.1) is 0 Å². The minimum absolute atomic E-state index is 0.102. The molecule has 4 heteroatoms. The van der Waals surface area contributed by atoms with Gasteiger partial charge in [-0.3, -0.25) is 4.79 Å². The highest BCUT2D eigenvalue weighted by Crippen LogP contribution is 2.08. The monoisotopic (exact) mass is 246 g/mol. The minimum atomic E-state index is -0.309. The molecular formula is C13H26O4. The van der Waals surface area contributed by atoms with Crippen molar-refractivity contribution in [3.05, 3.63) is 0 Å². The second kappa shape index (κ2) is 13.5. The Morgan fingerprint density at radius 1 is 0.765 bits per heavy atom. The van der Waals surface area contributed by atoms with Crippen molar-refractivity contribution in [2.75, 3.05) is 19.8 Å². The number of aliphatic hydroxyl groups is 2. The number of unbranched alkanes of at least 4 members (excludes halogenated alkanes) is 7. The zero-order valence-electron chi connectivity index (χ0n) is 10.7. The van der Waals surface area contributed by atoms with Crippen LogP contribution in [0.5, 0.6) is 0 Å². The Balaban J connectivity index is 3.01. The number of carbonyl (C=O) groups is 1. The van der Waals surface area contributed by atoms with Gasteiger partial charge in [-0.25, -0.2) is 0 Å². The summed E-state index contributed by atoms with van der Waals surface area (Å²) in [4.78, 5) is 10.9. The van der Waals surface area contributed by atoms with Gasteiger partial charge in [0.25, 0.3) is 0 Å². The van der Waals surface area contributed by atoms with Gasteiger partial charge in [0.2, 0.25) is 0 Å². The van der Waals surface area contributed by atoms with Gasteiger partial charge in [0.05, 0.1) is 19.6 Å². The Hall–Kier alpha value is -0.610. The third kappa shape index (κ3) is 13.3. The van der Waals surface area contributed by atoms with Crippen LogP contribution in [0.3, 0.4) is 0 Å². The first-order chi connectivity index (χ1) is 8.31. The van der Waals surface area contributed by atoms with Gasteiger partial charge in [-0.2, -0.15) is 0 Å². The summed E-state index contributed by atoms with van der Waals surface area (Å²) in [6, 6.07) is 0. The third-order valence-electron chi connectivity index (χ3n) is 2.63. The molecule has 0 saturated heterocycles. The Morgan fingerprint density at radius 2 is 1.29 bits per heavy atom. The van der Waals surface area contributed by atoms with E-state index in [1.165, 1.54) is 25.7 Å². The molecule has 0 aromatic carbocycles. The van der Waals surface area contributed by atoms with Crippen molar-refractivity contribution in [1.29, 1.82) is 0 Å². The molecule has 4 nitrogen and oxygen atoms in total. The Morgan fingerprint density at radius 3 is 1.82 bits per heavy atom. The van der Waals surface area contributed by atoms with Crippen molar-refractivity contribution in [3.8, 4) is 0 Å². The molecule has 2 N–H and O–H groups in total. The van der Waals surface area contributed by atoms with E-state index >= 15 is 0 Å². The van der Waals surface area contributed by atoms with E-state index < -0.39 is 0 Å². The summed E-state index contributed by atoms with van der Waals surface area (Å²) >= 11 is 0. The highest BCUT2D eigenvalue weighted by Gasteiger charge is 2.00. The molecule has 0 aromatic rings. The van der Waals surface area contributed by atoms with Crippen LogP contribution < -0.4 is 0 Å². The summed E-state index contributed by atoms with van der Waals surface area (Å²) < 4.78 is 4.92. The summed E-state index contributed by atoms with van der Waals surface area (Å²) in [6.45, 7) is 0.648. The van der Waals surface area contributed by atoms with Crippen LogP contribution in [0.2, 0.25) is 0 Å². The Bertz CT molecular complexity index is 171. The maximum absolute atomic E-state index is 10.9. The van der Waals surface area contributed by atoms with Gasteiger partial charge in [0.1, 0.15) is 0 Å². The molecule has 0 amide bonds. The molecule has 0 heterocycles. The average molecular weight is 246 g/mol. The molecule has 0 aliphatic rings. The highest BCUT2D eigenvalue weighted by molar-refractivity contribution is 5.69. The zero-order valence-corrected chi connectivity index (χ0v) is 10.7. The van der Waals surface area contributed by atoms with Gasteiger partial charge < -0.3 is 14.9 Å². The van der Waals surface area contributed by atoms with Crippen LogP contribution in [-0.2, 0) is 9.53 Å². The fourth-order valence-electron chi connectivity index (χ4n) is 1.62. The first kappa shape index (κ1) is 16.4. The lowest BCUT2D eigenvalue weighted by Crippen LogP contribution is -2.07. The van der Waals surface area contributed by atoms with Crippen molar-refractivity contribution in [2.45, 2.75) is 57.8 Å². The van der Waals surface area contributed by atoms with Crippen LogP contribution in [0.15, 0.2) is 0 Å². The number of rotatable bonds is 12. The van der Waals surface area contributed by atoms with E-state index in [4.69, 9.17) is 14.9 Å². The number of hydrogen-bond donors (Lipinski definition) is 2. The van der Waals surface area contributed by atoms with Gasteiger partial charge in [-0.05, 0) is 12.8 Å². The smallest absolute Gasteiger partial charge is 0.308 e. The van der Waals surface area contributed by atoms with Crippen molar-refractivity contribution in [3.63, 3.8) is 0 Å². The lowest BCUT2D eigenvalue weighted by atomic mass is 10.1. The number of esters is 1. The molecule has 0 aliphatic heterocycles. The average Bonchev–Trinajstić information content (AvgIpc) is 2.32. The van der Waals surface area contributed by atoms with Crippen LogP contribution in [0.25, 0.3) is 0 Å². The van der Waals surface area contributed by atoms with Gasteiger partial charge in [-0.1, -0.05) is 38.5 Å². The van der Waals surface area contributed by atoms with Crippen LogP contribution in [0.1, 0.15) is 57.8 Å². The van der Waals surface area contributed by atoms with Crippen molar-refractivity contribution in [1.82, 2.24) is 0 Å². The molecule has 0 radical (unpaired) electrons. The number of aliphatic hydroxyl groups excluding tert-OH is 2. The van der Waals surface area contributed by atoms with Crippen LogP contribution in [0, 0.1) is 0 Å². The highest BCUT2D eigenvalue weighted by atomic mass is 16.5. The molecule has 0 saturated carbocycles. The number of carbonyl (C=O) groups excluding carboxylic acids is 1. The maximum atomic E-state index is 10.9. The summed E-state index contributed by atoms with van der Waals surface area (Å²) in [5.74, 6) is -0.309. The van der Waals surface area contributed by atoms with E-state index in [0.717, 1.165) is 25.7 Å². The maximum Gasteiger partial charge on any atom is 0.308 e. The molecule has 0 aromatic heterocycles. The predicted molar refractivity (Wildman–Crippen MR) is 66.7 cm³/mol. The Labute approximate surface area is 104 Å². The minimum Gasteiger partial charge on any atom is -0.466 e. The van der Waals surface area contributed by atoms with Crippen molar-refractivity contribution >= 4 is 5.97 Å². The zero-order chi connectivity index (χ0) is 12.8. The topological polar surface area (TPSA) is 66.8 Å². The predicted octanol–water partition coefficient (Wildman–Crippen LogP) is 2.03. The van der Waals surface area contributed by atoms with E-state index in [-0.39, 0.29) is 19.0 Å². The summed E-state index contributed by atoms with van der Waals surface area (Å²) in [5.41, 5.74) is 0. The van der Waals surface area contributed by atoms with E-state index in [0.29, 0.717) is 13.2 Å². The lowest BCUT2D eigenvalue weighted by Gasteiger charge is -2.04. The van der Waals surface area contributed by atoms with Crippen LogP contribution in [-0.4, -0.2) is 36.0 Å². The second-order valence-corrected chi connectivity index (χ2v) is 4.25. The summed E-state index contributed by atoms with van der Waals surface area (Å²) in [5, 5.41) is 17.1. The standard InChI is InChI=1S/C13H26O4/c14-10-7-5-3-1-2-4-6-8-12-17-13(16)9-11-15/h14-15H,1-12H2. The summed E-state index contributed by atoms with van der Waals surface area (Å²) in [6.07, 6.45) is 8.96. The molecule has 0 unspecified atom stereocenters. The molecular weight excluding hydrogens is 220 g/mol. The second-order valence-electron chi connectivity index (χ2n) is 4.25. The first-order valence-electron chi connectivity index (χ1n) is 6.68. The molecule has 0 spiro atoms. The van der Waals surface area contributed by atoms with Crippen LogP contribution >= 0.6 is 0 Å². The lowest BCUT2D eigenvalue weighted by molar-refractivity contribution is -0.144. The van der Waals surface area contributed by atoms with Crippen molar-refractivity contribution in [2.24, 2.45) is 0 Å². The largest absolute Gasteiger partial charge is 0.466 e. The molecule has 0 aliphatic carbocycles. The van der Waals surface area contributed by atoms with E-state index in [1.807, 2.05) is 0 Å². The SMILES string of the molecule is O=C(CCO)OCCCCCCCCCCO. The molecule has 0 fully saturated rings. The van der Waals surface area contributed by atoms with E-state index in [2.05, 4.69) is 0 Å². The molecule has 0 rings (SSSR count).